The highest BCUT2D eigenvalue weighted by Gasteiger charge is 2.42. The molecule has 0 aliphatic heterocycles. The van der Waals surface area contributed by atoms with E-state index in [2.05, 4.69) is 10.3 Å². The standard InChI is InChI=1S/C15H23N3O3/c1-3-11-6-12(13(7-11)15(20)21)14(19)17-10(2)8-18-5-4-16-9-18/h4-5,9-13H,3,6-8H2,1-2H3,(H,17,19)(H,20,21)/t10?,11?,12-,13+/m0/s1. The second-order valence-electron chi connectivity index (χ2n) is 5.97. The van der Waals surface area contributed by atoms with Crippen LogP contribution in [0.5, 0.6) is 0 Å². The summed E-state index contributed by atoms with van der Waals surface area (Å²) >= 11 is 0. The summed E-state index contributed by atoms with van der Waals surface area (Å²) in [5, 5.41) is 12.2. The maximum Gasteiger partial charge on any atom is 0.307 e. The topological polar surface area (TPSA) is 84.2 Å². The first-order chi connectivity index (χ1) is 10.0. The fraction of sp³-hybridized carbons (Fsp3) is 0.667. The van der Waals surface area contributed by atoms with Crippen LogP contribution in [-0.4, -0.2) is 32.6 Å². The van der Waals surface area contributed by atoms with Crippen LogP contribution in [0.4, 0.5) is 0 Å². The van der Waals surface area contributed by atoms with Crippen LogP contribution in [0.1, 0.15) is 33.1 Å². The molecule has 116 valence electrons. The van der Waals surface area contributed by atoms with Crippen LogP contribution >= 0.6 is 0 Å². The Morgan fingerprint density at radius 1 is 1.43 bits per heavy atom. The predicted molar refractivity (Wildman–Crippen MR) is 77.5 cm³/mol. The number of imidazole rings is 1. The minimum Gasteiger partial charge on any atom is -0.481 e. The van der Waals surface area contributed by atoms with Gasteiger partial charge >= 0.3 is 5.97 Å². The number of amides is 1. The van der Waals surface area contributed by atoms with E-state index in [1.165, 1.54) is 0 Å². The maximum atomic E-state index is 12.4. The number of carbonyl (C=O) groups excluding carboxylic acids is 1. The van der Waals surface area contributed by atoms with Crippen molar-refractivity contribution in [3.05, 3.63) is 18.7 Å². The van der Waals surface area contributed by atoms with E-state index in [1.807, 2.05) is 24.6 Å². The molecule has 1 saturated carbocycles. The van der Waals surface area contributed by atoms with Gasteiger partial charge in [0.1, 0.15) is 0 Å². The Hall–Kier alpha value is -1.85. The van der Waals surface area contributed by atoms with Crippen molar-refractivity contribution in [2.45, 2.75) is 45.7 Å². The minimum absolute atomic E-state index is 0.0539. The van der Waals surface area contributed by atoms with Crippen molar-refractivity contribution in [3.8, 4) is 0 Å². The van der Waals surface area contributed by atoms with E-state index in [1.54, 1.807) is 12.5 Å². The summed E-state index contributed by atoms with van der Waals surface area (Å²) in [6.45, 7) is 4.60. The Balaban J connectivity index is 1.93. The Kier molecular flexibility index (Phi) is 4.98. The zero-order chi connectivity index (χ0) is 15.4. The molecule has 1 heterocycles. The van der Waals surface area contributed by atoms with E-state index >= 15 is 0 Å². The van der Waals surface area contributed by atoms with Gasteiger partial charge in [-0.25, -0.2) is 4.98 Å². The maximum absolute atomic E-state index is 12.4. The average molecular weight is 293 g/mol. The van der Waals surface area contributed by atoms with E-state index in [0.717, 1.165) is 6.42 Å². The fourth-order valence-electron chi connectivity index (χ4n) is 3.15. The van der Waals surface area contributed by atoms with Crippen LogP contribution < -0.4 is 5.32 Å². The first-order valence-electron chi connectivity index (χ1n) is 7.50. The summed E-state index contributed by atoms with van der Waals surface area (Å²) in [5.41, 5.74) is 0. The normalized spacial score (nSPS) is 26.5. The summed E-state index contributed by atoms with van der Waals surface area (Å²) in [6, 6.07) is -0.0539. The monoisotopic (exact) mass is 293 g/mol. The number of carboxylic acid groups (broad SMARTS) is 1. The number of rotatable bonds is 6. The van der Waals surface area contributed by atoms with Crippen molar-refractivity contribution in [1.29, 1.82) is 0 Å². The van der Waals surface area contributed by atoms with Gasteiger partial charge in [-0.15, -0.1) is 0 Å². The number of nitrogens with zero attached hydrogens (tertiary/aromatic N) is 2. The highest BCUT2D eigenvalue weighted by atomic mass is 16.4. The first-order valence-corrected chi connectivity index (χ1v) is 7.50. The lowest BCUT2D eigenvalue weighted by atomic mass is 9.95. The third-order valence-electron chi connectivity index (χ3n) is 4.32. The van der Waals surface area contributed by atoms with Gasteiger partial charge < -0.3 is 15.0 Å². The fourth-order valence-corrected chi connectivity index (χ4v) is 3.15. The molecule has 21 heavy (non-hydrogen) atoms. The van der Waals surface area contributed by atoms with Crippen LogP contribution in [-0.2, 0) is 16.1 Å². The number of hydrogen-bond acceptors (Lipinski definition) is 3. The van der Waals surface area contributed by atoms with Crippen LogP contribution in [0.3, 0.4) is 0 Å². The van der Waals surface area contributed by atoms with Crippen molar-refractivity contribution in [1.82, 2.24) is 14.9 Å². The molecule has 0 aromatic carbocycles. The molecule has 2 N–H and O–H groups in total. The lowest BCUT2D eigenvalue weighted by molar-refractivity contribution is -0.146. The summed E-state index contributed by atoms with van der Waals surface area (Å²) in [4.78, 5) is 27.6. The van der Waals surface area contributed by atoms with Gasteiger partial charge in [0.15, 0.2) is 0 Å². The molecule has 6 nitrogen and oxygen atoms in total. The smallest absolute Gasteiger partial charge is 0.307 e. The van der Waals surface area contributed by atoms with Gasteiger partial charge in [0, 0.05) is 25.0 Å². The number of hydrogen-bond donors (Lipinski definition) is 2. The Morgan fingerprint density at radius 3 is 2.71 bits per heavy atom. The zero-order valence-corrected chi connectivity index (χ0v) is 12.5. The molecule has 1 amide bonds. The van der Waals surface area contributed by atoms with Gasteiger partial charge in [0.25, 0.3) is 0 Å². The molecule has 1 aliphatic rings. The van der Waals surface area contributed by atoms with Gasteiger partial charge in [-0.05, 0) is 25.7 Å². The second-order valence-corrected chi connectivity index (χ2v) is 5.97. The summed E-state index contributed by atoms with van der Waals surface area (Å²) in [7, 11) is 0. The number of aromatic nitrogens is 2. The van der Waals surface area contributed by atoms with Crippen molar-refractivity contribution in [3.63, 3.8) is 0 Å². The van der Waals surface area contributed by atoms with Gasteiger partial charge in [0.2, 0.25) is 5.91 Å². The van der Waals surface area contributed by atoms with E-state index in [4.69, 9.17) is 0 Å². The molecule has 1 aliphatic carbocycles. The molecular formula is C15H23N3O3. The van der Waals surface area contributed by atoms with E-state index in [9.17, 15) is 14.7 Å². The minimum atomic E-state index is -0.853. The number of aliphatic carboxylic acids is 1. The second kappa shape index (κ2) is 6.74. The average Bonchev–Trinajstić information content (AvgIpc) is 3.06. The highest BCUT2D eigenvalue weighted by Crippen LogP contribution is 2.38. The van der Waals surface area contributed by atoms with Crippen LogP contribution in [0.15, 0.2) is 18.7 Å². The SMILES string of the molecule is CCC1C[C@H](C(=O)NC(C)Cn2ccnc2)[C@H](C(=O)O)C1. The van der Waals surface area contributed by atoms with Crippen LogP contribution in [0, 0.1) is 17.8 Å². The van der Waals surface area contributed by atoms with Crippen molar-refractivity contribution < 1.29 is 14.7 Å². The molecule has 0 bridgehead atoms. The molecule has 1 aromatic heterocycles. The van der Waals surface area contributed by atoms with Gasteiger partial charge in [0.05, 0.1) is 18.2 Å². The zero-order valence-electron chi connectivity index (χ0n) is 12.5. The first kappa shape index (κ1) is 15.5. The molecule has 0 radical (unpaired) electrons. The third-order valence-corrected chi connectivity index (χ3v) is 4.32. The molecular weight excluding hydrogens is 270 g/mol. The van der Waals surface area contributed by atoms with Gasteiger partial charge in [-0.2, -0.15) is 0 Å². The Morgan fingerprint density at radius 2 is 2.14 bits per heavy atom. The third kappa shape index (κ3) is 3.83. The highest BCUT2D eigenvalue weighted by molar-refractivity contribution is 5.85. The molecule has 1 fully saturated rings. The van der Waals surface area contributed by atoms with E-state index in [0.29, 0.717) is 25.3 Å². The van der Waals surface area contributed by atoms with Crippen molar-refractivity contribution >= 4 is 11.9 Å². The molecule has 6 heteroatoms. The van der Waals surface area contributed by atoms with Crippen LogP contribution in [0.2, 0.25) is 0 Å². The summed E-state index contributed by atoms with van der Waals surface area (Å²) in [6.07, 6.45) is 7.45. The Bertz CT molecular complexity index is 486. The molecule has 4 atom stereocenters. The quantitative estimate of drug-likeness (QED) is 0.833. The van der Waals surface area contributed by atoms with Crippen molar-refractivity contribution in [2.24, 2.45) is 17.8 Å². The van der Waals surface area contributed by atoms with Gasteiger partial charge in [-0.3, -0.25) is 9.59 Å². The lowest BCUT2D eigenvalue weighted by Crippen LogP contribution is -2.41. The van der Waals surface area contributed by atoms with Crippen molar-refractivity contribution in [2.75, 3.05) is 0 Å². The molecule has 0 saturated heterocycles. The molecule has 1 aromatic rings. The lowest BCUT2D eigenvalue weighted by Gasteiger charge is -2.20. The summed E-state index contributed by atoms with van der Waals surface area (Å²) < 4.78 is 1.89. The number of nitrogens with one attached hydrogen (secondary N) is 1. The van der Waals surface area contributed by atoms with E-state index < -0.39 is 17.8 Å². The Labute approximate surface area is 124 Å². The largest absolute Gasteiger partial charge is 0.481 e. The molecule has 2 rings (SSSR count). The van der Waals surface area contributed by atoms with E-state index in [-0.39, 0.29) is 11.9 Å². The van der Waals surface area contributed by atoms with Crippen LogP contribution in [0.25, 0.3) is 0 Å². The molecule has 2 unspecified atom stereocenters. The number of carboxylic acids is 1. The predicted octanol–water partition coefficient (Wildman–Crippen LogP) is 1.52. The van der Waals surface area contributed by atoms with Gasteiger partial charge in [-0.1, -0.05) is 13.3 Å². The molecule has 0 spiro atoms. The number of carbonyl (C=O) groups is 2. The summed E-state index contributed by atoms with van der Waals surface area (Å²) in [5.74, 6) is -1.60.